The molecule has 7 heteroatoms. The molecule has 1 fully saturated rings. The zero-order valence-electron chi connectivity index (χ0n) is 18.0. The zero-order chi connectivity index (χ0) is 22.5. The molecule has 1 N–H and O–H groups in total. The fourth-order valence-electron chi connectivity index (χ4n) is 3.91. The third-order valence-corrected chi connectivity index (χ3v) is 6.15. The summed E-state index contributed by atoms with van der Waals surface area (Å²) < 4.78 is 5.85. The first-order valence-corrected chi connectivity index (χ1v) is 11.6. The first-order valence-electron chi connectivity index (χ1n) is 10.8. The lowest BCUT2D eigenvalue weighted by Gasteiger charge is -2.19. The molecular weight excluding hydrogens is 470 g/mol. The van der Waals surface area contributed by atoms with Gasteiger partial charge in [-0.1, -0.05) is 24.3 Å². The number of carbonyl (C=O) groups excluding carboxylic acids is 2. The smallest absolute Gasteiger partial charge is 0.293 e. The van der Waals surface area contributed by atoms with Gasteiger partial charge in [-0.25, -0.2) is 0 Å². The van der Waals surface area contributed by atoms with E-state index >= 15 is 0 Å². The molecule has 0 radical (unpaired) electrons. The lowest BCUT2D eigenvalue weighted by atomic mass is 10.1. The normalized spacial score (nSPS) is 13.8. The molecule has 0 spiro atoms. The second-order valence-electron chi connectivity index (χ2n) is 7.93. The van der Waals surface area contributed by atoms with Gasteiger partial charge in [0.05, 0.1) is 11.3 Å². The summed E-state index contributed by atoms with van der Waals surface area (Å²) in [4.78, 5) is 29.7. The molecule has 0 aliphatic carbocycles. The first kappa shape index (κ1) is 22.3. The van der Waals surface area contributed by atoms with Crippen LogP contribution in [0.3, 0.4) is 0 Å². The van der Waals surface area contributed by atoms with Crippen LogP contribution in [-0.2, 0) is 6.42 Å². The Bertz CT molecular complexity index is 1090. The summed E-state index contributed by atoms with van der Waals surface area (Å²) in [7, 11) is 1.63. The lowest BCUT2D eigenvalue weighted by molar-refractivity contribution is 0.0965. The lowest BCUT2D eigenvalue weighted by Crippen LogP contribution is -2.28. The summed E-state index contributed by atoms with van der Waals surface area (Å²) >= 11 is 3.21. The number of halogens is 1. The number of likely N-dealkylation sites (tertiary alicyclic amines) is 1. The average molecular weight is 496 g/mol. The number of nitrogens with one attached hydrogen (secondary N) is 1. The largest absolute Gasteiger partial charge is 0.444 e. The van der Waals surface area contributed by atoms with Gasteiger partial charge in [0.15, 0.2) is 10.4 Å². The van der Waals surface area contributed by atoms with Crippen LogP contribution < -0.4 is 10.2 Å². The van der Waals surface area contributed by atoms with Crippen molar-refractivity contribution < 1.29 is 14.0 Å². The number of amides is 2. The molecule has 1 aliphatic heterocycles. The Morgan fingerprint density at radius 2 is 1.75 bits per heavy atom. The minimum Gasteiger partial charge on any atom is -0.444 e. The maximum atomic E-state index is 13.0. The van der Waals surface area contributed by atoms with Crippen LogP contribution >= 0.6 is 15.9 Å². The first-order chi connectivity index (χ1) is 15.5. The van der Waals surface area contributed by atoms with Gasteiger partial charge in [-0.2, -0.15) is 0 Å². The van der Waals surface area contributed by atoms with Gasteiger partial charge in [-0.3, -0.25) is 9.59 Å². The van der Waals surface area contributed by atoms with Crippen molar-refractivity contribution in [3.8, 4) is 0 Å². The van der Waals surface area contributed by atoms with Gasteiger partial charge in [0.25, 0.3) is 11.8 Å². The molecule has 1 aliphatic rings. The third kappa shape index (κ3) is 5.29. The SMILES string of the molecule is CN(C(=O)c1ccc(Br)o1)c1ccccc1C(=O)Nc1ccc(CCN2CCCC2)cc1. The van der Waals surface area contributed by atoms with Gasteiger partial charge < -0.3 is 19.5 Å². The van der Waals surface area contributed by atoms with E-state index in [9.17, 15) is 9.59 Å². The minimum absolute atomic E-state index is 0.194. The standard InChI is InChI=1S/C25H26BrN3O3/c1-28(25(31)22-12-13-23(26)32-22)21-7-3-2-6-20(21)24(30)27-19-10-8-18(9-11-19)14-17-29-15-4-5-16-29/h2-3,6-13H,4-5,14-17H2,1H3,(H,27,30). The average Bonchev–Trinajstić information content (AvgIpc) is 3.49. The van der Waals surface area contributed by atoms with Crippen molar-refractivity contribution in [3.63, 3.8) is 0 Å². The van der Waals surface area contributed by atoms with Crippen LogP contribution in [-0.4, -0.2) is 43.4 Å². The van der Waals surface area contributed by atoms with Crippen molar-refractivity contribution in [1.82, 2.24) is 4.90 Å². The molecule has 166 valence electrons. The summed E-state index contributed by atoms with van der Waals surface area (Å²) in [5.74, 6) is -0.414. The van der Waals surface area contributed by atoms with Crippen LogP contribution in [0, 0.1) is 0 Å². The van der Waals surface area contributed by atoms with E-state index in [1.54, 1.807) is 43.4 Å². The van der Waals surface area contributed by atoms with Crippen LogP contribution in [0.4, 0.5) is 11.4 Å². The fourth-order valence-corrected chi connectivity index (χ4v) is 4.22. The number of rotatable bonds is 7. The molecular formula is C25H26BrN3O3. The summed E-state index contributed by atoms with van der Waals surface area (Å²) in [6, 6.07) is 18.2. The number of anilines is 2. The maximum Gasteiger partial charge on any atom is 0.293 e. The van der Waals surface area contributed by atoms with Gasteiger partial charge in [0.1, 0.15) is 0 Å². The Morgan fingerprint density at radius 3 is 2.44 bits per heavy atom. The summed E-state index contributed by atoms with van der Waals surface area (Å²) in [5, 5.41) is 2.94. The van der Waals surface area contributed by atoms with Crippen molar-refractivity contribution in [3.05, 3.63) is 82.2 Å². The number of carbonyl (C=O) groups is 2. The predicted molar refractivity (Wildman–Crippen MR) is 129 cm³/mol. The van der Waals surface area contributed by atoms with Crippen molar-refractivity contribution in [2.45, 2.75) is 19.3 Å². The molecule has 0 atom stereocenters. The van der Waals surface area contributed by atoms with Crippen molar-refractivity contribution in [2.24, 2.45) is 0 Å². The zero-order valence-corrected chi connectivity index (χ0v) is 19.6. The highest BCUT2D eigenvalue weighted by Crippen LogP contribution is 2.24. The van der Waals surface area contributed by atoms with E-state index in [0.717, 1.165) is 18.7 Å². The van der Waals surface area contributed by atoms with E-state index < -0.39 is 0 Å². The van der Waals surface area contributed by atoms with E-state index in [-0.39, 0.29) is 17.6 Å². The molecule has 6 nitrogen and oxygen atoms in total. The van der Waals surface area contributed by atoms with Crippen LogP contribution in [0.15, 0.2) is 69.8 Å². The van der Waals surface area contributed by atoms with Crippen molar-refractivity contribution in [1.29, 1.82) is 0 Å². The van der Waals surface area contributed by atoms with E-state index in [2.05, 4.69) is 38.3 Å². The van der Waals surface area contributed by atoms with Crippen LogP contribution in [0.25, 0.3) is 0 Å². The van der Waals surface area contributed by atoms with Crippen LogP contribution in [0.1, 0.15) is 39.3 Å². The molecule has 1 saturated heterocycles. The number of para-hydroxylation sites is 1. The summed E-state index contributed by atoms with van der Waals surface area (Å²) in [6.07, 6.45) is 3.60. The molecule has 0 saturated carbocycles. The van der Waals surface area contributed by atoms with Gasteiger partial charge in [-0.15, -0.1) is 0 Å². The molecule has 0 bridgehead atoms. The Balaban J connectivity index is 1.42. The Morgan fingerprint density at radius 1 is 1.03 bits per heavy atom. The van der Waals surface area contributed by atoms with E-state index in [4.69, 9.17) is 4.42 Å². The van der Waals surface area contributed by atoms with Crippen LogP contribution in [0.2, 0.25) is 0 Å². The molecule has 0 unspecified atom stereocenters. The topological polar surface area (TPSA) is 65.8 Å². The summed E-state index contributed by atoms with van der Waals surface area (Å²) in [6.45, 7) is 3.47. The highest BCUT2D eigenvalue weighted by molar-refractivity contribution is 9.10. The van der Waals surface area contributed by atoms with E-state index in [1.807, 2.05) is 12.1 Å². The Labute approximate surface area is 196 Å². The molecule has 32 heavy (non-hydrogen) atoms. The predicted octanol–water partition coefficient (Wildman–Crippen LogP) is 5.21. The number of hydrogen-bond acceptors (Lipinski definition) is 4. The summed E-state index contributed by atoms with van der Waals surface area (Å²) in [5.41, 5.74) is 2.89. The number of furan rings is 1. The Kier molecular flexibility index (Phi) is 7.07. The fraction of sp³-hybridized carbons (Fsp3) is 0.280. The number of benzene rings is 2. The monoisotopic (exact) mass is 495 g/mol. The van der Waals surface area contributed by atoms with Gasteiger partial charge in [0.2, 0.25) is 0 Å². The van der Waals surface area contributed by atoms with Crippen molar-refractivity contribution >= 4 is 39.1 Å². The van der Waals surface area contributed by atoms with Crippen molar-refractivity contribution in [2.75, 3.05) is 36.9 Å². The van der Waals surface area contributed by atoms with E-state index in [1.165, 1.54) is 36.4 Å². The van der Waals surface area contributed by atoms with Gasteiger partial charge >= 0.3 is 0 Å². The van der Waals surface area contributed by atoms with Crippen LogP contribution in [0.5, 0.6) is 0 Å². The van der Waals surface area contributed by atoms with Gasteiger partial charge in [-0.05, 0) is 90.2 Å². The molecule has 3 aromatic rings. The highest BCUT2D eigenvalue weighted by atomic mass is 79.9. The second kappa shape index (κ2) is 10.1. The molecule has 1 aromatic heterocycles. The molecule has 4 rings (SSSR count). The molecule has 2 amide bonds. The minimum atomic E-state index is -0.335. The molecule has 2 heterocycles. The second-order valence-corrected chi connectivity index (χ2v) is 8.72. The van der Waals surface area contributed by atoms with Gasteiger partial charge in [0, 0.05) is 19.3 Å². The number of hydrogen-bond donors (Lipinski definition) is 1. The molecule has 2 aromatic carbocycles. The Hall–Kier alpha value is -2.90. The highest BCUT2D eigenvalue weighted by Gasteiger charge is 2.22. The van der Waals surface area contributed by atoms with E-state index in [0.29, 0.717) is 15.9 Å². The maximum absolute atomic E-state index is 13.0. The number of nitrogens with zero attached hydrogens (tertiary/aromatic N) is 2. The third-order valence-electron chi connectivity index (χ3n) is 5.73. The quantitative estimate of drug-likeness (QED) is 0.488.